The number of ether oxygens (including phenoxy) is 1. The summed E-state index contributed by atoms with van der Waals surface area (Å²) in [5.41, 5.74) is 0.579. The van der Waals surface area contributed by atoms with Crippen molar-refractivity contribution in [3.05, 3.63) is 29.8 Å². The zero-order valence-electron chi connectivity index (χ0n) is 13.1. The van der Waals surface area contributed by atoms with Gasteiger partial charge in [-0.3, -0.25) is 0 Å². The van der Waals surface area contributed by atoms with Gasteiger partial charge in [-0.2, -0.15) is 13.2 Å². The number of halogens is 3. The Kier molecular flexibility index (Phi) is 6.72. The van der Waals surface area contributed by atoms with E-state index in [9.17, 15) is 18.3 Å². The molecule has 3 nitrogen and oxygen atoms in total. The fourth-order valence-electron chi connectivity index (χ4n) is 2.90. The molecule has 1 aromatic carbocycles. The molecule has 2 rings (SSSR count). The molecular formula is C17H24F3NO2. The van der Waals surface area contributed by atoms with Gasteiger partial charge in [0.1, 0.15) is 5.75 Å². The molecule has 23 heavy (non-hydrogen) atoms. The number of alkyl halides is 3. The van der Waals surface area contributed by atoms with Crippen molar-refractivity contribution in [1.82, 2.24) is 5.32 Å². The molecule has 0 radical (unpaired) electrons. The lowest BCUT2D eigenvalue weighted by molar-refractivity contribution is -0.157. The highest BCUT2D eigenvalue weighted by molar-refractivity contribution is 5.29. The molecule has 1 aliphatic rings. The number of aliphatic hydroxyl groups is 1. The van der Waals surface area contributed by atoms with Crippen molar-refractivity contribution in [3.63, 3.8) is 0 Å². The van der Waals surface area contributed by atoms with Gasteiger partial charge in [-0.1, -0.05) is 31.4 Å². The Bertz CT molecular complexity index is 473. The van der Waals surface area contributed by atoms with Crippen molar-refractivity contribution < 1.29 is 23.0 Å². The molecule has 1 aromatic rings. The van der Waals surface area contributed by atoms with Crippen molar-refractivity contribution in [2.75, 3.05) is 13.2 Å². The standard InChI is InChI=1S/C17H24F3NO2/c18-17(19,20)21-10-9-16(22)14-7-4-8-15(11-14)23-12-13-5-2-1-3-6-13/h4,7-8,11,13,16,21-22H,1-3,5-6,9-10,12H2. The van der Waals surface area contributed by atoms with Crippen molar-refractivity contribution >= 4 is 0 Å². The molecular weight excluding hydrogens is 307 g/mol. The van der Waals surface area contributed by atoms with Crippen LogP contribution in [0.3, 0.4) is 0 Å². The first kappa shape index (κ1) is 18.1. The number of aliphatic hydroxyl groups excluding tert-OH is 1. The smallest absolute Gasteiger partial charge is 0.457 e. The van der Waals surface area contributed by atoms with Crippen molar-refractivity contribution in [3.8, 4) is 5.75 Å². The number of rotatable bonds is 7. The number of hydrogen-bond donors (Lipinski definition) is 2. The van der Waals surface area contributed by atoms with E-state index in [4.69, 9.17) is 4.74 Å². The van der Waals surface area contributed by atoms with Gasteiger partial charge in [0.05, 0.1) is 12.7 Å². The van der Waals surface area contributed by atoms with E-state index in [0.29, 0.717) is 23.8 Å². The van der Waals surface area contributed by atoms with Crippen LogP contribution in [-0.2, 0) is 0 Å². The normalized spacial score (nSPS) is 17.9. The molecule has 0 spiro atoms. The second-order valence-corrected chi connectivity index (χ2v) is 6.12. The van der Waals surface area contributed by atoms with E-state index in [2.05, 4.69) is 0 Å². The lowest BCUT2D eigenvalue weighted by Crippen LogP contribution is -2.32. The van der Waals surface area contributed by atoms with Gasteiger partial charge in [-0.25, -0.2) is 5.32 Å². The van der Waals surface area contributed by atoms with Crippen LogP contribution in [-0.4, -0.2) is 24.6 Å². The first-order chi connectivity index (χ1) is 10.9. The highest BCUT2D eigenvalue weighted by atomic mass is 19.4. The van der Waals surface area contributed by atoms with Crippen LogP contribution in [0.25, 0.3) is 0 Å². The summed E-state index contributed by atoms with van der Waals surface area (Å²) in [6.45, 7) is 0.340. The summed E-state index contributed by atoms with van der Waals surface area (Å²) < 4.78 is 41.9. The van der Waals surface area contributed by atoms with Crippen molar-refractivity contribution in [2.24, 2.45) is 5.92 Å². The van der Waals surface area contributed by atoms with Crippen LogP contribution >= 0.6 is 0 Å². The van der Waals surface area contributed by atoms with Gasteiger partial charge in [-0.15, -0.1) is 0 Å². The Morgan fingerprint density at radius 3 is 2.65 bits per heavy atom. The number of benzene rings is 1. The molecule has 0 aliphatic heterocycles. The molecule has 0 heterocycles. The molecule has 0 bridgehead atoms. The third-order valence-electron chi connectivity index (χ3n) is 4.20. The van der Waals surface area contributed by atoms with Gasteiger partial charge in [0.2, 0.25) is 0 Å². The van der Waals surface area contributed by atoms with E-state index in [1.165, 1.54) is 37.4 Å². The van der Waals surface area contributed by atoms with E-state index in [1.807, 2.05) is 6.07 Å². The molecule has 1 atom stereocenters. The summed E-state index contributed by atoms with van der Waals surface area (Å²) in [6.07, 6.45) is 0.804. The summed E-state index contributed by atoms with van der Waals surface area (Å²) in [4.78, 5) is 0. The summed E-state index contributed by atoms with van der Waals surface area (Å²) in [7, 11) is 0. The Labute approximate surface area is 134 Å². The van der Waals surface area contributed by atoms with Crippen LogP contribution in [0.4, 0.5) is 13.2 Å². The van der Waals surface area contributed by atoms with E-state index in [1.54, 1.807) is 18.2 Å². The van der Waals surface area contributed by atoms with E-state index >= 15 is 0 Å². The van der Waals surface area contributed by atoms with Gasteiger partial charge in [-0.05, 0) is 42.9 Å². The minimum absolute atomic E-state index is 0.00834. The third-order valence-corrected chi connectivity index (χ3v) is 4.20. The second kappa shape index (κ2) is 8.55. The van der Waals surface area contributed by atoms with Gasteiger partial charge in [0, 0.05) is 6.54 Å². The molecule has 1 aliphatic carbocycles. The molecule has 1 fully saturated rings. The highest BCUT2D eigenvalue weighted by Crippen LogP contribution is 2.26. The molecule has 130 valence electrons. The molecule has 0 saturated heterocycles. The quantitative estimate of drug-likeness (QED) is 0.737. The van der Waals surface area contributed by atoms with Crippen LogP contribution in [0.1, 0.15) is 50.2 Å². The van der Waals surface area contributed by atoms with Gasteiger partial charge in [0.25, 0.3) is 0 Å². The highest BCUT2D eigenvalue weighted by Gasteiger charge is 2.26. The zero-order chi connectivity index (χ0) is 16.7. The molecule has 0 aromatic heterocycles. The van der Waals surface area contributed by atoms with Crippen LogP contribution in [0.2, 0.25) is 0 Å². The first-order valence-corrected chi connectivity index (χ1v) is 8.16. The van der Waals surface area contributed by atoms with Crippen LogP contribution in [0.15, 0.2) is 24.3 Å². The maximum Gasteiger partial charge on any atom is 0.457 e. The lowest BCUT2D eigenvalue weighted by atomic mass is 9.90. The minimum Gasteiger partial charge on any atom is -0.493 e. The van der Waals surface area contributed by atoms with Gasteiger partial charge in [0.15, 0.2) is 0 Å². The minimum atomic E-state index is -4.41. The maximum atomic E-state index is 12.0. The second-order valence-electron chi connectivity index (χ2n) is 6.12. The molecule has 6 heteroatoms. The SMILES string of the molecule is OC(CCNC(F)(F)F)c1cccc(OCC2CCCCC2)c1. The fraction of sp³-hybridized carbons (Fsp3) is 0.647. The topological polar surface area (TPSA) is 41.5 Å². The average Bonchev–Trinajstić information content (AvgIpc) is 2.53. The van der Waals surface area contributed by atoms with E-state index in [0.717, 1.165) is 0 Å². The molecule has 0 amide bonds. The monoisotopic (exact) mass is 331 g/mol. The molecule has 1 saturated carbocycles. The Morgan fingerprint density at radius 2 is 1.96 bits per heavy atom. The van der Waals surface area contributed by atoms with Gasteiger partial charge >= 0.3 is 6.30 Å². The molecule has 1 unspecified atom stereocenters. The van der Waals surface area contributed by atoms with Crippen LogP contribution < -0.4 is 10.1 Å². The van der Waals surface area contributed by atoms with Gasteiger partial charge < -0.3 is 9.84 Å². The van der Waals surface area contributed by atoms with E-state index < -0.39 is 12.4 Å². The number of nitrogens with one attached hydrogen (secondary N) is 1. The molecule has 2 N–H and O–H groups in total. The van der Waals surface area contributed by atoms with Crippen LogP contribution in [0.5, 0.6) is 5.75 Å². The third kappa shape index (κ3) is 6.79. The summed E-state index contributed by atoms with van der Waals surface area (Å²) >= 11 is 0. The zero-order valence-corrected chi connectivity index (χ0v) is 13.1. The Morgan fingerprint density at radius 1 is 1.22 bits per heavy atom. The van der Waals surface area contributed by atoms with E-state index in [-0.39, 0.29) is 13.0 Å². The van der Waals surface area contributed by atoms with Crippen molar-refractivity contribution in [2.45, 2.75) is 50.9 Å². The average molecular weight is 331 g/mol. The summed E-state index contributed by atoms with van der Waals surface area (Å²) in [6, 6.07) is 6.98. The summed E-state index contributed by atoms with van der Waals surface area (Å²) in [5.74, 6) is 1.24. The Hall–Kier alpha value is -1.27. The Balaban J connectivity index is 1.80. The predicted octanol–water partition coefficient (Wildman–Crippen LogP) is 4.18. The largest absolute Gasteiger partial charge is 0.493 e. The summed E-state index contributed by atoms with van der Waals surface area (Å²) in [5, 5.41) is 11.4. The van der Waals surface area contributed by atoms with Crippen LogP contribution in [0, 0.1) is 5.92 Å². The maximum absolute atomic E-state index is 12.0. The fourth-order valence-corrected chi connectivity index (χ4v) is 2.90. The van der Waals surface area contributed by atoms with Crippen molar-refractivity contribution in [1.29, 1.82) is 0 Å². The first-order valence-electron chi connectivity index (χ1n) is 8.16. The number of hydrogen-bond acceptors (Lipinski definition) is 3. The predicted molar refractivity (Wildman–Crippen MR) is 82.1 cm³/mol. The lowest BCUT2D eigenvalue weighted by Gasteiger charge is -2.22.